The van der Waals surface area contributed by atoms with E-state index in [4.69, 9.17) is 4.74 Å². The number of hydrogen-bond donors (Lipinski definition) is 1. The Kier molecular flexibility index (Phi) is 4.50. The number of fused-ring (bicyclic) bond motifs is 1. The molecular formula is C19H23N3O3S. The number of rotatable bonds is 3. The van der Waals surface area contributed by atoms with Crippen LogP contribution in [0.2, 0.25) is 0 Å². The molecule has 1 unspecified atom stereocenters. The first-order chi connectivity index (χ1) is 12.6. The maximum atomic E-state index is 12.9. The van der Waals surface area contributed by atoms with Crippen molar-refractivity contribution in [1.29, 1.82) is 0 Å². The number of sulfone groups is 1. The molecule has 6 nitrogen and oxygen atoms in total. The molecule has 1 fully saturated rings. The minimum Gasteiger partial charge on any atom is -0.468 e. The van der Waals surface area contributed by atoms with Crippen molar-refractivity contribution >= 4 is 21.2 Å². The lowest BCUT2D eigenvalue weighted by molar-refractivity contribution is 0.273. The van der Waals surface area contributed by atoms with Crippen LogP contribution in [0, 0.1) is 0 Å². The molecule has 26 heavy (non-hydrogen) atoms. The topological polar surface area (TPSA) is 61.9 Å². The van der Waals surface area contributed by atoms with Gasteiger partial charge in [0.05, 0.1) is 22.8 Å². The van der Waals surface area contributed by atoms with Crippen LogP contribution < -0.4 is 15.0 Å². The standard InChI is InChI=1S/C19H23N3O3S/c1-21-10-12-22(13-11-21)17-9-5-8-16-19(17)25-18(14-20-16)26(23,24)15-6-3-2-4-7-15/h2-9,18,20H,10-14H2,1H3. The van der Waals surface area contributed by atoms with Crippen molar-refractivity contribution in [1.82, 2.24) is 4.90 Å². The Morgan fingerprint density at radius 2 is 1.73 bits per heavy atom. The highest BCUT2D eigenvalue weighted by Crippen LogP contribution is 2.40. The summed E-state index contributed by atoms with van der Waals surface area (Å²) in [6, 6.07) is 14.4. The lowest BCUT2D eigenvalue weighted by Gasteiger charge is -2.37. The van der Waals surface area contributed by atoms with Crippen LogP contribution in [0.5, 0.6) is 5.75 Å². The van der Waals surface area contributed by atoms with Crippen LogP contribution in [0.25, 0.3) is 0 Å². The third kappa shape index (κ3) is 3.12. The highest BCUT2D eigenvalue weighted by molar-refractivity contribution is 7.92. The van der Waals surface area contributed by atoms with Crippen molar-refractivity contribution in [3.05, 3.63) is 48.5 Å². The molecular weight excluding hydrogens is 350 g/mol. The van der Waals surface area contributed by atoms with E-state index < -0.39 is 15.3 Å². The number of likely N-dealkylation sites (N-methyl/N-ethyl adjacent to an activating group) is 1. The number of benzene rings is 2. The van der Waals surface area contributed by atoms with E-state index in [1.807, 2.05) is 18.2 Å². The summed E-state index contributed by atoms with van der Waals surface area (Å²) in [5.41, 5.74) is 0.864. The van der Waals surface area contributed by atoms with Gasteiger partial charge in [-0.15, -0.1) is 0 Å². The van der Waals surface area contributed by atoms with Gasteiger partial charge in [0.2, 0.25) is 15.3 Å². The molecule has 4 rings (SSSR count). The summed E-state index contributed by atoms with van der Waals surface area (Å²) in [7, 11) is -1.46. The van der Waals surface area contributed by atoms with Gasteiger partial charge in [-0.25, -0.2) is 8.42 Å². The molecule has 1 atom stereocenters. The molecule has 138 valence electrons. The SMILES string of the molecule is CN1CCN(c2cccc3c2OC(S(=O)(=O)c2ccccc2)CN3)CC1. The van der Waals surface area contributed by atoms with Crippen molar-refractivity contribution < 1.29 is 13.2 Å². The van der Waals surface area contributed by atoms with Gasteiger partial charge in [0.1, 0.15) is 0 Å². The number of hydrogen-bond acceptors (Lipinski definition) is 6. The van der Waals surface area contributed by atoms with Gasteiger partial charge in [-0.05, 0) is 31.3 Å². The lowest BCUT2D eigenvalue weighted by atomic mass is 10.2. The van der Waals surface area contributed by atoms with Crippen LogP contribution >= 0.6 is 0 Å². The van der Waals surface area contributed by atoms with Crippen molar-refractivity contribution in [2.24, 2.45) is 0 Å². The second-order valence-corrected chi connectivity index (χ2v) is 8.82. The van der Waals surface area contributed by atoms with E-state index in [1.54, 1.807) is 30.3 Å². The molecule has 0 saturated carbocycles. The average Bonchev–Trinajstić information content (AvgIpc) is 2.68. The summed E-state index contributed by atoms with van der Waals surface area (Å²) < 4.78 is 31.9. The summed E-state index contributed by atoms with van der Waals surface area (Å²) in [5, 5.41) is 3.24. The number of anilines is 2. The molecule has 0 aromatic heterocycles. The number of nitrogens with zero attached hydrogens (tertiary/aromatic N) is 2. The van der Waals surface area contributed by atoms with E-state index in [2.05, 4.69) is 22.2 Å². The predicted octanol–water partition coefficient (Wildman–Crippen LogP) is 2.04. The number of para-hydroxylation sites is 1. The summed E-state index contributed by atoms with van der Waals surface area (Å²) in [6.07, 6.45) is 0. The van der Waals surface area contributed by atoms with E-state index >= 15 is 0 Å². The summed E-state index contributed by atoms with van der Waals surface area (Å²) in [5.74, 6) is 0.632. The van der Waals surface area contributed by atoms with E-state index in [0.29, 0.717) is 5.75 Å². The fraction of sp³-hybridized carbons (Fsp3) is 0.368. The smallest absolute Gasteiger partial charge is 0.220 e. The molecule has 2 aliphatic rings. The van der Waals surface area contributed by atoms with Crippen LogP contribution in [0.3, 0.4) is 0 Å². The number of nitrogens with one attached hydrogen (secondary N) is 1. The van der Waals surface area contributed by atoms with Crippen molar-refractivity contribution in [2.45, 2.75) is 10.3 Å². The zero-order chi connectivity index (χ0) is 18.1. The fourth-order valence-electron chi connectivity index (χ4n) is 3.39. The third-order valence-corrected chi connectivity index (χ3v) is 6.85. The van der Waals surface area contributed by atoms with Gasteiger partial charge < -0.3 is 19.9 Å². The first kappa shape index (κ1) is 17.2. The Balaban J connectivity index is 1.64. The summed E-state index contributed by atoms with van der Waals surface area (Å²) >= 11 is 0. The van der Waals surface area contributed by atoms with Crippen LogP contribution in [0.4, 0.5) is 11.4 Å². The second-order valence-electron chi connectivity index (χ2n) is 6.73. The maximum absolute atomic E-state index is 12.9. The van der Waals surface area contributed by atoms with Crippen molar-refractivity contribution in [3.8, 4) is 5.75 Å². The molecule has 0 bridgehead atoms. The molecule has 0 radical (unpaired) electrons. The summed E-state index contributed by atoms with van der Waals surface area (Å²) in [4.78, 5) is 4.83. The number of ether oxygens (including phenoxy) is 1. The van der Waals surface area contributed by atoms with Crippen LogP contribution in [0.1, 0.15) is 0 Å². The van der Waals surface area contributed by atoms with Crippen LogP contribution in [-0.4, -0.2) is 58.5 Å². The molecule has 2 aliphatic heterocycles. The Morgan fingerprint density at radius 1 is 1.00 bits per heavy atom. The zero-order valence-electron chi connectivity index (χ0n) is 14.8. The molecule has 0 amide bonds. The normalized spacial score (nSPS) is 20.8. The maximum Gasteiger partial charge on any atom is 0.220 e. The molecule has 2 aromatic rings. The highest BCUT2D eigenvalue weighted by Gasteiger charge is 2.34. The Morgan fingerprint density at radius 3 is 2.46 bits per heavy atom. The first-order valence-electron chi connectivity index (χ1n) is 8.82. The predicted molar refractivity (Wildman–Crippen MR) is 103 cm³/mol. The van der Waals surface area contributed by atoms with E-state index in [1.165, 1.54) is 0 Å². The second kappa shape index (κ2) is 6.81. The van der Waals surface area contributed by atoms with Gasteiger partial charge in [0.15, 0.2) is 5.75 Å². The zero-order valence-corrected chi connectivity index (χ0v) is 15.6. The van der Waals surface area contributed by atoms with Gasteiger partial charge in [0.25, 0.3) is 0 Å². The van der Waals surface area contributed by atoms with Gasteiger partial charge >= 0.3 is 0 Å². The number of piperazine rings is 1. The monoisotopic (exact) mass is 373 g/mol. The minimum absolute atomic E-state index is 0.233. The Bertz CT molecular complexity index is 878. The van der Waals surface area contributed by atoms with E-state index in [9.17, 15) is 8.42 Å². The lowest BCUT2D eigenvalue weighted by Crippen LogP contribution is -2.45. The largest absolute Gasteiger partial charge is 0.468 e. The Labute approximate surface area is 154 Å². The highest BCUT2D eigenvalue weighted by atomic mass is 32.2. The summed E-state index contributed by atoms with van der Waals surface area (Å²) in [6.45, 7) is 3.97. The van der Waals surface area contributed by atoms with Gasteiger partial charge in [-0.2, -0.15) is 0 Å². The first-order valence-corrected chi connectivity index (χ1v) is 10.4. The van der Waals surface area contributed by atoms with Gasteiger partial charge in [-0.1, -0.05) is 24.3 Å². The molecule has 1 saturated heterocycles. The quantitative estimate of drug-likeness (QED) is 0.889. The molecule has 0 aliphatic carbocycles. The molecule has 0 spiro atoms. The molecule has 1 N–H and O–H groups in total. The van der Waals surface area contributed by atoms with Crippen molar-refractivity contribution in [3.63, 3.8) is 0 Å². The van der Waals surface area contributed by atoms with Crippen LogP contribution in [0.15, 0.2) is 53.4 Å². The fourth-order valence-corrected chi connectivity index (χ4v) is 4.75. The van der Waals surface area contributed by atoms with Crippen molar-refractivity contribution in [2.75, 3.05) is 50.0 Å². The van der Waals surface area contributed by atoms with Gasteiger partial charge in [0, 0.05) is 26.2 Å². The van der Waals surface area contributed by atoms with E-state index in [0.717, 1.165) is 37.6 Å². The molecule has 7 heteroatoms. The van der Waals surface area contributed by atoms with Gasteiger partial charge in [-0.3, -0.25) is 0 Å². The van der Waals surface area contributed by atoms with Crippen LogP contribution in [-0.2, 0) is 9.84 Å². The van der Waals surface area contributed by atoms with E-state index in [-0.39, 0.29) is 11.4 Å². The Hall–Kier alpha value is -2.25. The average molecular weight is 373 g/mol. The third-order valence-electron chi connectivity index (χ3n) is 4.96. The molecule has 2 heterocycles. The molecule has 2 aromatic carbocycles. The minimum atomic E-state index is -3.57.